The first-order valence-corrected chi connectivity index (χ1v) is 10.8. The number of halogens is 1. The molecule has 29 heavy (non-hydrogen) atoms. The lowest BCUT2D eigenvalue weighted by Gasteiger charge is -2.26. The third-order valence-corrected chi connectivity index (χ3v) is 6.73. The summed E-state index contributed by atoms with van der Waals surface area (Å²) < 4.78 is 37.3. The number of benzene rings is 2. The second kappa shape index (κ2) is 8.46. The van der Waals surface area contributed by atoms with E-state index < -0.39 is 10.0 Å². The number of hydrogen-bond acceptors (Lipinski definition) is 6. The van der Waals surface area contributed by atoms with Crippen LogP contribution < -0.4 is 0 Å². The number of nitrogens with zero attached hydrogens (tertiary/aromatic N) is 3. The molecule has 1 aliphatic heterocycles. The minimum atomic E-state index is -3.53. The van der Waals surface area contributed by atoms with Crippen LogP contribution in [0.2, 0.25) is 5.02 Å². The maximum Gasteiger partial charge on any atom is 0.250 e. The minimum absolute atomic E-state index is 0.227. The number of sulfonamides is 1. The Kier molecular flexibility index (Phi) is 5.77. The largest absolute Gasteiger partial charge is 0.379 e. The number of aromatic nitrogens is 2. The maximum absolute atomic E-state index is 12.7. The molecule has 150 valence electrons. The molecule has 0 aliphatic carbocycles. The number of ether oxygens (including phenoxy) is 1. The van der Waals surface area contributed by atoms with Gasteiger partial charge in [-0.3, -0.25) is 0 Å². The number of morpholine rings is 1. The van der Waals surface area contributed by atoms with E-state index in [4.69, 9.17) is 20.9 Å². The van der Waals surface area contributed by atoms with Gasteiger partial charge in [-0.1, -0.05) is 35.0 Å². The fourth-order valence-corrected chi connectivity index (χ4v) is 4.51. The number of hydrogen-bond donors (Lipinski definition) is 0. The van der Waals surface area contributed by atoms with Crippen LogP contribution in [0.3, 0.4) is 0 Å². The third-order valence-electron chi connectivity index (χ3n) is 4.47. The Balaban J connectivity index is 1.51. The van der Waals surface area contributed by atoms with E-state index in [2.05, 4.69) is 10.1 Å². The van der Waals surface area contributed by atoms with Crippen molar-refractivity contribution in [1.82, 2.24) is 14.4 Å². The topological polar surface area (TPSA) is 85.5 Å². The second-order valence-electron chi connectivity index (χ2n) is 6.35. The van der Waals surface area contributed by atoms with E-state index in [9.17, 15) is 8.42 Å². The summed E-state index contributed by atoms with van der Waals surface area (Å²) in [4.78, 5) is 4.55. The highest BCUT2D eigenvalue weighted by molar-refractivity contribution is 7.89. The van der Waals surface area contributed by atoms with Gasteiger partial charge in [-0.25, -0.2) is 8.42 Å². The fourth-order valence-electron chi connectivity index (χ4n) is 2.90. The molecule has 1 fully saturated rings. The summed E-state index contributed by atoms with van der Waals surface area (Å²) in [6.45, 7) is 1.53. The molecule has 2 heterocycles. The van der Waals surface area contributed by atoms with Crippen molar-refractivity contribution in [3.05, 3.63) is 65.0 Å². The van der Waals surface area contributed by atoms with Gasteiger partial charge in [-0.2, -0.15) is 9.29 Å². The van der Waals surface area contributed by atoms with E-state index in [0.29, 0.717) is 48.6 Å². The highest BCUT2D eigenvalue weighted by Gasteiger charge is 2.26. The van der Waals surface area contributed by atoms with Crippen molar-refractivity contribution in [3.8, 4) is 11.4 Å². The number of rotatable bonds is 5. The van der Waals surface area contributed by atoms with Gasteiger partial charge in [0.2, 0.25) is 15.8 Å². The van der Waals surface area contributed by atoms with Crippen LogP contribution in [-0.2, 0) is 14.8 Å². The average molecular weight is 432 g/mol. The first kappa shape index (κ1) is 19.8. The first-order valence-electron chi connectivity index (χ1n) is 8.99. The van der Waals surface area contributed by atoms with Gasteiger partial charge >= 0.3 is 0 Å². The lowest BCUT2D eigenvalue weighted by Crippen LogP contribution is -2.40. The molecule has 7 nitrogen and oxygen atoms in total. The molecule has 0 amide bonds. The Labute approximate surface area is 173 Å². The second-order valence-corrected chi connectivity index (χ2v) is 8.70. The van der Waals surface area contributed by atoms with Gasteiger partial charge in [0.1, 0.15) is 0 Å². The van der Waals surface area contributed by atoms with Crippen LogP contribution >= 0.6 is 11.6 Å². The lowest BCUT2D eigenvalue weighted by atomic mass is 10.2. The maximum atomic E-state index is 12.7. The first-order chi connectivity index (χ1) is 14.0. The van der Waals surface area contributed by atoms with E-state index in [1.54, 1.807) is 42.5 Å². The Morgan fingerprint density at radius 3 is 2.45 bits per heavy atom. The zero-order chi connectivity index (χ0) is 20.3. The average Bonchev–Trinajstić information content (AvgIpc) is 3.23. The molecule has 2 aromatic carbocycles. The molecule has 0 radical (unpaired) electrons. The highest BCUT2D eigenvalue weighted by Crippen LogP contribution is 2.23. The van der Waals surface area contributed by atoms with Crippen LogP contribution in [0, 0.1) is 0 Å². The Morgan fingerprint density at radius 2 is 1.72 bits per heavy atom. The Bertz CT molecular complexity index is 1120. The molecule has 0 atom stereocenters. The van der Waals surface area contributed by atoms with Gasteiger partial charge in [-0.05, 0) is 42.0 Å². The summed E-state index contributed by atoms with van der Waals surface area (Å²) in [5, 5.41) is 4.58. The van der Waals surface area contributed by atoms with Crippen LogP contribution in [0.1, 0.15) is 11.5 Å². The molecule has 1 saturated heterocycles. The van der Waals surface area contributed by atoms with E-state index in [0.717, 1.165) is 5.56 Å². The van der Waals surface area contributed by atoms with Gasteiger partial charge in [0.05, 0.1) is 18.1 Å². The van der Waals surface area contributed by atoms with E-state index >= 15 is 0 Å². The van der Waals surface area contributed by atoms with Gasteiger partial charge in [0.25, 0.3) is 5.89 Å². The van der Waals surface area contributed by atoms with Crippen LogP contribution in [-0.4, -0.2) is 49.2 Å². The zero-order valence-electron chi connectivity index (χ0n) is 15.4. The van der Waals surface area contributed by atoms with Crippen LogP contribution in [0.15, 0.2) is 57.9 Å². The van der Waals surface area contributed by atoms with Crippen molar-refractivity contribution in [3.63, 3.8) is 0 Å². The molecule has 0 bridgehead atoms. The van der Waals surface area contributed by atoms with E-state index in [-0.39, 0.29) is 4.90 Å². The normalized spacial score (nSPS) is 15.8. The minimum Gasteiger partial charge on any atom is -0.379 e. The molecule has 3 aromatic rings. The summed E-state index contributed by atoms with van der Waals surface area (Å²) in [6, 6.07) is 13.9. The third kappa shape index (κ3) is 4.40. The predicted molar refractivity (Wildman–Crippen MR) is 110 cm³/mol. The van der Waals surface area contributed by atoms with Crippen molar-refractivity contribution >= 4 is 33.8 Å². The van der Waals surface area contributed by atoms with Gasteiger partial charge in [0.15, 0.2) is 0 Å². The SMILES string of the molecule is O=S(=O)(c1ccc(-c2noc(/C=C/c3ccccc3Cl)n2)cc1)N1CCOCC1. The molecule has 0 N–H and O–H groups in total. The van der Waals surface area contributed by atoms with Crippen molar-refractivity contribution in [2.24, 2.45) is 0 Å². The monoisotopic (exact) mass is 431 g/mol. The van der Waals surface area contributed by atoms with Gasteiger partial charge in [0, 0.05) is 29.8 Å². The smallest absolute Gasteiger partial charge is 0.250 e. The molecular formula is C20H18ClN3O4S. The predicted octanol–water partition coefficient (Wildman–Crippen LogP) is 3.58. The van der Waals surface area contributed by atoms with E-state index in [1.807, 2.05) is 18.2 Å². The molecule has 1 aliphatic rings. The van der Waals surface area contributed by atoms with Crippen LogP contribution in [0.5, 0.6) is 0 Å². The molecule has 0 unspecified atom stereocenters. The summed E-state index contributed by atoms with van der Waals surface area (Å²) in [6.07, 6.45) is 3.46. The molecular weight excluding hydrogens is 414 g/mol. The standard InChI is InChI=1S/C20H18ClN3O4S/c21-18-4-2-1-3-15(18)7-10-19-22-20(23-28-19)16-5-8-17(9-6-16)29(25,26)24-11-13-27-14-12-24/h1-10H,11-14H2/b10-7+. The highest BCUT2D eigenvalue weighted by atomic mass is 35.5. The van der Waals surface area contributed by atoms with Crippen molar-refractivity contribution in [1.29, 1.82) is 0 Å². The molecule has 9 heteroatoms. The van der Waals surface area contributed by atoms with Crippen LogP contribution in [0.4, 0.5) is 0 Å². The zero-order valence-corrected chi connectivity index (χ0v) is 16.9. The molecule has 1 aromatic heterocycles. The van der Waals surface area contributed by atoms with E-state index in [1.165, 1.54) is 4.31 Å². The van der Waals surface area contributed by atoms with Crippen molar-refractivity contribution in [2.75, 3.05) is 26.3 Å². The lowest BCUT2D eigenvalue weighted by molar-refractivity contribution is 0.0730. The molecule has 4 rings (SSSR count). The fraction of sp³-hybridized carbons (Fsp3) is 0.200. The summed E-state index contributed by atoms with van der Waals surface area (Å²) in [5.41, 5.74) is 1.50. The summed E-state index contributed by atoms with van der Waals surface area (Å²) in [5.74, 6) is 0.698. The van der Waals surface area contributed by atoms with Gasteiger partial charge in [-0.15, -0.1) is 0 Å². The van der Waals surface area contributed by atoms with Crippen molar-refractivity contribution < 1.29 is 17.7 Å². The van der Waals surface area contributed by atoms with Crippen LogP contribution in [0.25, 0.3) is 23.5 Å². The Hall–Kier alpha value is -2.52. The quantitative estimate of drug-likeness (QED) is 0.613. The van der Waals surface area contributed by atoms with Gasteiger partial charge < -0.3 is 9.26 Å². The summed E-state index contributed by atoms with van der Waals surface area (Å²) >= 11 is 6.12. The Morgan fingerprint density at radius 1 is 1.00 bits per heavy atom. The summed E-state index contributed by atoms with van der Waals surface area (Å²) in [7, 11) is -3.53. The molecule has 0 saturated carbocycles. The van der Waals surface area contributed by atoms with Crippen molar-refractivity contribution in [2.45, 2.75) is 4.90 Å². The molecule has 0 spiro atoms.